The number of halogens is 1. The Morgan fingerprint density at radius 2 is 2.00 bits per heavy atom. The number of hydrogen-bond acceptors (Lipinski definition) is 6. The molecule has 1 aromatic heterocycles. The van der Waals surface area contributed by atoms with Gasteiger partial charge in [-0.3, -0.25) is 9.89 Å². The van der Waals surface area contributed by atoms with E-state index in [1.54, 1.807) is 33.3 Å². The summed E-state index contributed by atoms with van der Waals surface area (Å²) in [7, 11) is 3.09. The van der Waals surface area contributed by atoms with Crippen LogP contribution >= 0.6 is 28.1 Å². The molecule has 0 spiro atoms. The van der Waals surface area contributed by atoms with E-state index in [0.29, 0.717) is 17.1 Å². The Hall–Kier alpha value is -2.00. The minimum Gasteiger partial charge on any atom is -0.493 e. The lowest BCUT2D eigenvalue weighted by molar-refractivity contribution is 0.354. The maximum Gasteiger partial charge on any atom is 0.296 e. The number of benzene rings is 1. The Kier molecular flexibility index (Phi) is 5.09. The maximum absolute atomic E-state index is 12.0. The third-order valence-electron chi connectivity index (χ3n) is 2.83. The molecule has 1 heterocycles. The van der Waals surface area contributed by atoms with Crippen LogP contribution in [0, 0.1) is 11.7 Å². The molecule has 0 unspecified atom stereocenters. The first-order valence-electron chi connectivity index (χ1n) is 6.12. The summed E-state index contributed by atoms with van der Waals surface area (Å²) in [4.78, 5) is 12.0. The van der Waals surface area contributed by atoms with Gasteiger partial charge in [-0.05, 0) is 47.2 Å². The molecule has 2 rings (SSSR count). The van der Waals surface area contributed by atoms with Crippen LogP contribution in [0.5, 0.6) is 11.5 Å². The molecule has 0 bridgehead atoms. The molecule has 2 aromatic rings. The van der Waals surface area contributed by atoms with Crippen LogP contribution in [0.3, 0.4) is 0 Å². The van der Waals surface area contributed by atoms with Gasteiger partial charge < -0.3 is 9.47 Å². The summed E-state index contributed by atoms with van der Waals surface area (Å²) in [6.07, 6.45) is 1.50. The Morgan fingerprint density at radius 3 is 2.64 bits per heavy atom. The second kappa shape index (κ2) is 6.84. The first-order chi connectivity index (χ1) is 10.5. The lowest BCUT2D eigenvalue weighted by Crippen LogP contribution is -2.22. The van der Waals surface area contributed by atoms with Gasteiger partial charge in [-0.25, -0.2) is 0 Å². The van der Waals surface area contributed by atoms with Crippen molar-refractivity contribution in [1.29, 1.82) is 0 Å². The van der Waals surface area contributed by atoms with E-state index in [0.717, 1.165) is 9.15 Å². The molecule has 0 saturated heterocycles. The first kappa shape index (κ1) is 16.4. The molecule has 22 heavy (non-hydrogen) atoms. The molecule has 7 nitrogen and oxygen atoms in total. The van der Waals surface area contributed by atoms with Crippen molar-refractivity contribution in [3.05, 3.63) is 43.0 Å². The fraction of sp³-hybridized carbons (Fsp3) is 0.231. The molecule has 0 saturated carbocycles. The van der Waals surface area contributed by atoms with Gasteiger partial charge in [-0.2, -0.15) is 14.9 Å². The zero-order valence-corrected chi connectivity index (χ0v) is 14.5. The molecular formula is C13H13BrN4O3S. The van der Waals surface area contributed by atoms with E-state index in [4.69, 9.17) is 21.7 Å². The summed E-state index contributed by atoms with van der Waals surface area (Å²) in [5.41, 5.74) is 0.599. The molecule has 0 aliphatic heterocycles. The summed E-state index contributed by atoms with van der Waals surface area (Å²) >= 11 is 8.43. The van der Waals surface area contributed by atoms with Crippen molar-refractivity contribution < 1.29 is 9.47 Å². The fourth-order valence-corrected chi connectivity index (χ4v) is 2.27. The van der Waals surface area contributed by atoms with Gasteiger partial charge in [0.25, 0.3) is 5.56 Å². The number of rotatable bonds is 4. The average Bonchev–Trinajstić information content (AvgIpc) is 2.51. The van der Waals surface area contributed by atoms with Crippen LogP contribution in [-0.2, 0) is 0 Å². The summed E-state index contributed by atoms with van der Waals surface area (Å²) < 4.78 is 12.4. The van der Waals surface area contributed by atoms with Gasteiger partial charge in [0.05, 0.1) is 20.4 Å². The smallest absolute Gasteiger partial charge is 0.296 e. The topological polar surface area (TPSA) is 81.5 Å². The van der Waals surface area contributed by atoms with Crippen molar-refractivity contribution in [3.8, 4) is 11.5 Å². The number of H-pyrrole nitrogens is 1. The first-order valence-corrected chi connectivity index (χ1v) is 7.32. The van der Waals surface area contributed by atoms with Gasteiger partial charge in [0.15, 0.2) is 11.5 Å². The van der Waals surface area contributed by atoms with Crippen molar-refractivity contribution in [2.75, 3.05) is 14.2 Å². The highest BCUT2D eigenvalue weighted by Gasteiger charge is 2.08. The summed E-state index contributed by atoms with van der Waals surface area (Å²) in [5.74, 6) is 1.14. The number of aromatic amines is 1. The zero-order chi connectivity index (χ0) is 16.3. The van der Waals surface area contributed by atoms with Crippen LogP contribution in [-0.4, -0.2) is 35.3 Å². The van der Waals surface area contributed by atoms with Gasteiger partial charge in [-0.1, -0.05) is 0 Å². The number of methoxy groups -OCH3 is 2. The number of ether oxygens (including phenoxy) is 2. The van der Waals surface area contributed by atoms with E-state index in [9.17, 15) is 4.79 Å². The third kappa shape index (κ3) is 3.25. The molecule has 1 N–H and O–H groups in total. The Labute approximate surface area is 139 Å². The minimum atomic E-state index is -0.378. The third-order valence-corrected chi connectivity index (χ3v) is 3.78. The van der Waals surface area contributed by atoms with Crippen molar-refractivity contribution in [2.45, 2.75) is 6.92 Å². The molecule has 0 amide bonds. The largest absolute Gasteiger partial charge is 0.493 e. The molecule has 0 fully saturated rings. The highest BCUT2D eigenvalue weighted by atomic mass is 79.9. The molecule has 1 aromatic carbocycles. The van der Waals surface area contributed by atoms with E-state index >= 15 is 0 Å². The van der Waals surface area contributed by atoms with E-state index < -0.39 is 0 Å². The second-order valence-corrected chi connectivity index (χ2v) is 5.45. The van der Waals surface area contributed by atoms with Crippen molar-refractivity contribution in [1.82, 2.24) is 14.9 Å². The lowest BCUT2D eigenvalue weighted by atomic mass is 10.2. The van der Waals surface area contributed by atoms with Crippen LogP contribution in [0.25, 0.3) is 0 Å². The van der Waals surface area contributed by atoms with Crippen LogP contribution in [0.2, 0.25) is 0 Å². The van der Waals surface area contributed by atoms with E-state index in [2.05, 4.69) is 31.2 Å². The SMILES string of the molecule is COc1cc(Br)c(/C=N\n2c(=S)[nH]nc(C)c2=O)cc1OC. The molecular weight excluding hydrogens is 372 g/mol. The Bertz CT molecular complexity index is 844. The second-order valence-electron chi connectivity index (χ2n) is 4.20. The molecule has 0 aliphatic carbocycles. The fourth-order valence-electron chi connectivity index (χ4n) is 1.67. The number of nitrogens with zero attached hydrogens (tertiary/aromatic N) is 3. The summed E-state index contributed by atoms with van der Waals surface area (Å²) in [6.45, 7) is 1.58. The minimum absolute atomic E-state index is 0.114. The number of aromatic nitrogens is 3. The number of hydrogen-bond donors (Lipinski definition) is 1. The zero-order valence-electron chi connectivity index (χ0n) is 12.1. The molecule has 0 radical (unpaired) electrons. The molecule has 0 atom stereocenters. The monoisotopic (exact) mass is 384 g/mol. The van der Waals surface area contributed by atoms with Crippen LogP contribution in [0.1, 0.15) is 11.3 Å². The van der Waals surface area contributed by atoms with Gasteiger partial charge >= 0.3 is 0 Å². The predicted octanol–water partition coefficient (Wildman–Crippen LogP) is 2.27. The number of aryl methyl sites for hydroxylation is 1. The molecule has 9 heteroatoms. The van der Waals surface area contributed by atoms with Crippen molar-refractivity contribution in [2.24, 2.45) is 5.10 Å². The summed E-state index contributed by atoms with van der Waals surface area (Å²) in [6, 6.07) is 3.49. The van der Waals surface area contributed by atoms with Gasteiger partial charge in [0.1, 0.15) is 5.69 Å². The van der Waals surface area contributed by atoms with Crippen molar-refractivity contribution in [3.63, 3.8) is 0 Å². The van der Waals surface area contributed by atoms with E-state index in [1.165, 1.54) is 6.21 Å². The Balaban J connectivity index is 2.50. The highest BCUT2D eigenvalue weighted by Crippen LogP contribution is 2.32. The standard InChI is InChI=1S/C13H13BrN4O3S/c1-7-12(19)18(13(22)17-16-7)15-6-8-4-10(20-2)11(21-3)5-9(8)14/h4-6H,1-3H3,(H,17,22)/b15-6-. The predicted molar refractivity (Wildman–Crippen MR) is 88.7 cm³/mol. The summed E-state index contributed by atoms with van der Waals surface area (Å²) in [5, 5.41) is 10.4. The quantitative estimate of drug-likeness (QED) is 0.645. The molecule has 116 valence electrons. The van der Waals surface area contributed by atoms with Crippen LogP contribution in [0.4, 0.5) is 0 Å². The van der Waals surface area contributed by atoms with Crippen molar-refractivity contribution >= 4 is 34.4 Å². The van der Waals surface area contributed by atoms with Gasteiger partial charge in [-0.15, -0.1) is 0 Å². The van der Waals surface area contributed by atoms with Gasteiger partial charge in [0, 0.05) is 10.0 Å². The normalized spacial score (nSPS) is 10.9. The van der Waals surface area contributed by atoms with Gasteiger partial charge in [0.2, 0.25) is 4.77 Å². The highest BCUT2D eigenvalue weighted by molar-refractivity contribution is 9.10. The van der Waals surface area contributed by atoms with E-state index in [1.807, 2.05) is 0 Å². The lowest BCUT2D eigenvalue weighted by Gasteiger charge is -2.09. The Morgan fingerprint density at radius 1 is 1.36 bits per heavy atom. The maximum atomic E-state index is 12.0. The molecule has 0 aliphatic rings. The number of nitrogens with one attached hydrogen (secondary N) is 1. The van der Waals surface area contributed by atoms with Crippen LogP contribution < -0.4 is 15.0 Å². The average molecular weight is 385 g/mol. The van der Waals surface area contributed by atoms with E-state index in [-0.39, 0.29) is 16.0 Å². The van der Waals surface area contributed by atoms with Crippen LogP contribution in [0.15, 0.2) is 26.5 Å².